The SMILES string of the molecule is C=CCC#CC/C=c1/[nH]c(Cc2ccc(C)c(C)c2)n/c1=C/CCl. The minimum absolute atomic E-state index is 0.441. The van der Waals surface area contributed by atoms with Crippen molar-refractivity contribution in [2.45, 2.75) is 33.1 Å². The number of hydrogen-bond donors (Lipinski definition) is 1. The summed E-state index contributed by atoms with van der Waals surface area (Å²) < 4.78 is 0. The molecule has 0 atom stereocenters. The summed E-state index contributed by atoms with van der Waals surface area (Å²) in [6.07, 6.45) is 7.96. The van der Waals surface area contributed by atoms with Crippen LogP contribution in [0.1, 0.15) is 35.4 Å². The van der Waals surface area contributed by atoms with Crippen molar-refractivity contribution in [1.82, 2.24) is 9.97 Å². The molecular formula is C21H23ClN2. The molecule has 0 radical (unpaired) electrons. The first-order valence-electron chi connectivity index (χ1n) is 8.08. The van der Waals surface area contributed by atoms with Crippen molar-refractivity contribution in [2.75, 3.05) is 5.88 Å². The van der Waals surface area contributed by atoms with E-state index >= 15 is 0 Å². The van der Waals surface area contributed by atoms with Crippen LogP contribution >= 0.6 is 11.6 Å². The Bertz CT molecular complexity index is 879. The molecule has 0 bridgehead atoms. The Kier molecular flexibility index (Phi) is 6.90. The van der Waals surface area contributed by atoms with Gasteiger partial charge in [-0.1, -0.05) is 36.1 Å². The summed E-state index contributed by atoms with van der Waals surface area (Å²) in [6.45, 7) is 7.92. The summed E-state index contributed by atoms with van der Waals surface area (Å²) in [6, 6.07) is 6.52. The van der Waals surface area contributed by atoms with Crippen molar-refractivity contribution in [1.29, 1.82) is 0 Å². The molecule has 1 heterocycles. The fourth-order valence-corrected chi connectivity index (χ4v) is 2.54. The summed E-state index contributed by atoms with van der Waals surface area (Å²) in [4.78, 5) is 8.07. The van der Waals surface area contributed by atoms with Crippen LogP contribution in [0.3, 0.4) is 0 Å². The van der Waals surface area contributed by atoms with E-state index in [2.05, 4.69) is 66.5 Å². The van der Waals surface area contributed by atoms with Crippen LogP contribution in [0.2, 0.25) is 0 Å². The molecule has 1 aromatic carbocycles. The molecule has 1 N–H and O–H groups in total. The predicted molar refractivity (Wildman–Crippen MR) is 103 cm³/mol. The van der Waals surface area contributed by atoms with Crippen LogP contribution in [-0.4, -0.2) is 15.8 Å². The number of hydrogen-bond acceptors (Lipinski definition) is 1. The van der Waals surface area contributed by atoms with Crippen molar-refractivity contribution in [3.8, 4) is 11.8 Å². The first kappa shape index (κ1) is 18.1. The summed E-state index contributed by atoms with van der Waals surface area (Å²) in [5.41, 5.74) is 3.86. The van der Waals surface area contributed by atoms with Crippen LogP contribution in [0, 0.1) is 25.7 Å². The van der Waals surface area contributed by atoms with Gasteiger partial charge >= 0.3 is 0 Å². The van der Waals surface area contributed by atoms with Gasteiger partial charge in [0.2, 0.25) is 0 Å². The molecule has 0 aliphatic heterocycles. The summed E-state index contributed by atoms with van der Waals surface area (Å²) in [5.74, 6) is 7.54. The van der Waals surface area contributed by atoms with Gasteiger partial charge in [-0.15, -0.1) is 18.2 Å². The molecule has 0 saturated carbocycles. The molecule has 24 heavy (non-hydrogen) atoms. The third kappa shape index (κ3) is 5.15. The topological polar surface area (TPSA) is 28.7 Å². The van der Waals surface area contributed by atoms with Crippen LogP contribution in [0.25, 0.3) is 12.2 Å². The molecular weight excluding hydrogens is 316 g/mol. The van der Waals surface area contributed by atoms with E-state index < -0.39 is 0 Å². The van der Waals surface area contributed by atoms with Crippen molar-refractivity contribution >= 4 is 23.8 Å². The molecule has 3 heteroatoms. The zero-order chi connectivity index (χ0) is 17.4. The maximum atomic E-state index is 5.86. The highest BCUT2D eigenvalue weighted by molar-refractivity contribution is 6.20. The number of aryl methyl sites for hydroxylation is 2. The third-order valence-electron chi connectivity index (χ3n) is 3.80. The molecule has 0 spiro atoms. The van der Waals surface area contributed by atoms with Crippen molar-refractivity contribution in [2.24, 2.45) is 0 Å². The third-order valence-corrected chi connectivity index (χ3v) is 3.96. The molecule has 0 unspecified atom stereocenters. The Morgan fingerprint density at radius 2 is 1.96 bits per heavy atom. The lowest BCUT2D eigenvalue weighted by Crippen LogP contribution is -2.24. The number of benzene rings is 1. The molecule has 2 nitrogen and oxygen atoms in total. The van der Waals surface area contributed by atoms with Gasteiger partial charge in [0.25, 0.3) is 0 Å². The Balaban J connectivity index is 2.26. The molecule has 2 rings (SSSR count). The maximum absolute atomic E-state index is 5.86. The van der Waals surface area contributed by atoms with Crippen molar-refractivity contribution in [3.63, 3.8) is 0 Å². The second-order valence-corrected chi connectivity index (χ2v) is 6.00. The first-order chi connectivity index (χ1) is 11.6. The fraction of sp³-hybridized carbons (Fsp3) is 0.286. The number of rotatable bonds is 5. The zero-order valence-corrected chi connectivity index (χ0v) is 15.1. The molecule has 0 amide bonds. The van der Waals surface area contributed by atoms with Crippen LogP contribution < -0.4 is 10.7 Å². The second kappa shape index (κ2) is 9.15. The lowest BCUT2D eigenvalue weighted by atomic mass is 10.0. The Morgan fingerprint density at radius 3 is 2.67 bits per heavy atom. The van der Waals surface area contributed by atoms with E-state index in [1.54, 1.807) is 6.08 Å². The number of nitrogens with zero attached hydrogens (tertiary/aromatic N) is 1. The largest absolute Gasteiger partial charge is 0.342 e. The van der Waals surface area contributed by atoms with Crippen LogP contribution in [-0.2, 0) is 6.42 Å². The quantitative estimate of drug-likeness (QED) is 0.505. The average Bonchev–Trinajstić information content (AvgIpc) is 2.93. The highest BCUT2D eigenvalue weighted by atomic mass is 35.5. The first-order valence-corrected chi connectivity index (χ1v) is 8.61. The molecule has 0 aliphatic rings. The molecule has 0 fully saturated rings. The maximum Gasteiger partial charge on any atom is 0.111 e. The zero-order valence-electron chi connectivity index (χ0n) is 14.3. The molecule has 124 valence electrons. The van der Waals surface area contributed by atoms with Gasteiger partial charge < -0.3 is 4.98 Å². The molecule has 0 saturated heterocycles. The number of allylic oxidation sites excluding steroid dienone is 1. The van der Waals surface area contributed by atoms with E-state index in [0.29, 0.717) is 12.3 Å². The Hall–Kier alpha value is -2.24. The predicted octanol–water partition coefficient (Wildman–Crippen LogP) is 3.39. The lowest BCUT2D eigenvalue weighted by Gasteiger charge is -2.03. The van der Waals surface area contributed by atoms with E-state index in [-0.39, 0.29) is 0 Å². The minimum Gasteiger partial charge on any atom is -0.342 e. The van der Waals surface area contributed by atoms with Gasteiger partial charge in [-0.25, -0.2) is 4.98 Å². The van der Waals surface area contributed by atoms with E-state index in [4.69, 9.17) is 11.6 Å². The smallest absolute Gasteiger partial charge is 0.111 e. The number of nitrogens with one attached hydrogen (secondary N) is 1. The number of aromatic amines is 1. The van der Waals surface area contributed by atoms with Gasteiger partial charge in [0, 0.05) is 25.1 Å². The normalized spacial score (nSPS) is 12.1. The number of imidazole rings is 1. The Morgan fingerprint density at radius 1 is 1.17 bits per heavy atom. The van der Waals surface area contributed by atoms with Gasteiger partial charge in [-0.3, -0.25) is 0 Å². The van der Waals surface area contributed by atoms with E-state index in [1.165, 1.54) is 16.7 Å². The van der Waals surface area contributed by atoms with E-state index in [0.717, 1.165) is 29.4 Å². The second-order valence-electron chi connectivity index (χ2n) is 5.69. The van der Waals surface area contributed by atoms with E-state index in [9.17, 15) is 0 Å². The standard InChI is InChI=1S/C21H23ClN2/c1-4-5-6-7-8-9-19-20(12-13-22)24-21(23-19)15-18-11-10-16(2)17(3)14-18/h4,9-12,14H,1,5,8,13,15H2,2-3H3,(H,23,24)/b19-9+,20-12+. The molecule has 1 aromatic heterocycles. The fourth-order valence-electron chi connectivity index (χ4n) is 2.40. The lowest BCUT2D eigenvalue weighted by molar-refractivity contribution is 1.01. The highest BCUT2D eigenvalue weighted by Crippen LogP contribution is 2.11. The number of aromatic nitrogens is 2. The monoisotopic (exact) mass is 338 g/mol. The van der Waals surface area contributed by atoms with Crippen LogP contribution in [0.5, 0.6) is 0 Å². The van der Waals surface area contributed by atoms with Gasteiger partial charge in [0.1, 0.15) is 5.82 Å². The summed E-state index contributed by atoms with van der Waals surface area (Å²) >= 11 is 5.86. The number of halogens is 1. The number of alkyl halides is 1. The van der Waals surface area contributed by atoms with Gasteiger partial charge in [0.15, 0.2) is 0 Å². The van der Waals surface area contributed by atoms with Gasteiger partial charge in [-0.05, 0) is 42.7 Å². The number of H-pyrrole nitrogens is 1. The van der Waals surface area contributed by atoms with Gasteiger partial charge in [-0.2, -0.15) is 0 Å². The van der Waals surface area contributed by atoms with Crippen molar-refractivity contribution in [3.05, 3.63) is 64.1 Å². The highest BCUT2D eigenvalue weighted by Gasteiger charge is 2.02. The van der Waals surface area contributed by atoms with Crippen LogP contribution in [0.4, 0.5) is 0 Å². The molecule has 0 aliphatic carbocycles. The van der Waals surface area contributed by atoms with E-state index in [1.807, 2.05) is 6.08 Å². The van der Waals surface area contributed by atoms with Crippen molar-refractivity contribution < 1.29 is 0 Å². The summed E-state index contributed by atoms with van der Waals surface area (Å²) in [5, 5.41) is 1.89. The summed E-state index contributed by atoms with van der Waals surface area (Å²) in [7, 11) is 0. The van der Waals surface area contributed by atoms with Gasteiger partial charge in [0.05, 0.1) is 10.7 Å². The minimum atomic E-state index is 0.441. The Labute approximate surface area is 149 Å². The average molecular weight is 339 g/mol. The molecule has 2 aromatic rings. The van der Waals surface area contributed by atoms with Crippen LogP contribution in [0.15, 0.2) is 30.9 Å².